The van der Waals surface area contributed by atoms with Crippen molar-refractivity contribution in [2.75, 3.05) is 19.2 Å². The standard InChI is InChI=1S/C25H28N4O12/c1-10-7-14(22(34)27-11-3-4-12-13(8-11)38-9-37-12)39-24(16(10)31)41-20(21(26)33)19-18(36-2)17(32)23(40-19)29-6-5-15(30)28-25(29)35/h3-8,10,16-20,23-24,31-32H,9H2,1-2H3,(H2,26,33)(H,27,34)(H,28,30,35)/t10-,16-,17+,18-,19-,20+,23+,24+/m0/s1. The van der Waals surface area contributed by atoms with Gasteiger partial charge in [-0.3, -0.25) is 23.9 Å². The van der Waals surface area contributed by atoms with E-state index < -0.39 is 72.0 Å². The van der Waals surface area contributed by atoms with Crippen molar-refractivity contribution in [1.82, 2.24) is 9.55 Å². The van der Waals surface area contributed by atoms with E-state index >= 15 is 0 Å². The Kier molecular flexibility index (Phi) is 7.83. The second kappa shape index (κ2) is 11.3. The Morgan fingerprint density at radius 1 is 1.17 bits per heavy atom. The van der Waals surface area contributed by atoms with Gasteiger partial charge in [-0.25, -0.2) is 4.79 Å². The number of methoxy groups -OCH3 is 1. The summed E-state index contributed by atoms with van der Waals surface area (Å²) in [7, 11) is 1.23. The van der Waals surface area contributed by atoms with Crippen LogP contribution < -0.4 is 31.8 Å². The summed E-state index contributed by atoms with van der Waals surface area (Å²) >= 11 is 0. The number of H-pyrrole nitrogens is 1. The van der Waals surface area contributed by atoms with Crippen LogP contribution in [0.4, 0.5) is 5.69 Å². The van der Waals surface area contributed by atoms with E-state index in [-0.39, 0.29) is 12.6 Å². The summed E-state index contributed by atoms with van der Waals surface area (Å²) in [5, 5.41) is 24.3. The van der Waals surface area contributed by atoms with Crippen molar-refractivity contribution in [3.05, 3.63) is 63.1 Å². The summed E-state index contributed by atoms with van der Waals surface area (Å²) in [5.41, 5.74) is 4.44. The summed E-state index contributed by atoms with van der Waals surface area (Å²) in [4.78, 5) is 51.3. The summed E-state index contributed by atoms with van der Waals surface area (Å²) < 4.78 is 34.0. The smallest absolute Gasteiger partial charge is 0.330 e. The molecule has 8 atom stereocenters. The van der Waals surface area contributed by atoms with E-state index in [9.17, 15) is 29.4 Å². The predicted molar refractivity (Wildman–Crippen MR) is 135 cm³/mol. The number of nitrogens with zero attached hydrogens (tertiary/aromatic N) is 1. The molecular formula is C25H28N4O12. The molecule has 6 N–H and O–H groups in total. The molecule has 16 heteroatoms. The molecule has 4 heterocycles. The highest BCUT2D eigenvalue weighted by atomic mass is 16.7. The van der Waals surface area contributed by atoms with E-state index in [1.54, 1.807) is 25.1 Å². The molecule has 0 unspecified atom stereocenters. The largest absolute Gasteiger partial charge is 0.457 e. The number of carbonyl (C=O) groups excluding carboxylic acids is 2. The van der Waals surface area contributed by atoms with Crippen LogP contribution in [0.3, 0.4) is 0 Å². The van der Waals surface area contributed by atoms with Crippen molar-refractivity contribution in [2.24, 2.45) is 11.7 Å². The third-order valence-electron chi connectivity index (χ3n) is 6.84. The zero-order valence-electron chi connectivity index (χ0n) is 21.8. The third kappa shape index (κ3) is 5.55. The van der Waals surface area contributed by atoms with Crippen LogP contribution in [0.5, 0.6) is 11.5 Å². The fourth-order valence-electron chi connectivity index (χ4n) is 4.73. The number of primary amides is 1. The molecule has 2 amide bonds. The zero-order chi connectivity index (χ0) is 29.4. The Labute approximate surface area is 231 Å². The monoisotopic (exact) mass is 576 g/mol. The van der Waals surface area contributed by atoms with Crippen LogP contribution in [0.15, 0.2) is 51.9 Å². The van der Waals surface area contributed by atoms with Crippen molar-refractivity contribution >= 4 is 17.5 Å². The number of hydrogen-bond acceptors (Lipinski definition) is 12. The zero-order valence-corrected chi connectivity index (χ0v) is 21.8. The van der Waals surface area contributed by atoms with Gasteiger partial charge in [0.05, 0.1) is 0 Å². The molecule has 1 aromatic carbocycles. The molecule has 1 fully saturated rings. The average Bonchev–Trinajstić information content (AvgIpc) is 3.52. The van der Waals surface area contributed by atoms with Crippen molar-refractivity contribution in [1.29, 1.82) is 0 Å². The van der Waals surface area contributed by atoms with E-state index in [4.69, 9.17) is 34.2 Å². The van der Waals surface area contributed by atoms with Crippen molar-refractivity contribution in [3.63, 3.8) is 0 Å². The minimum absolute atomic E-state index is 0.0600. The average molecular weight is 577 g/mol. The number of ether oxygens (including phenoxy) is 6. The highest BCUT2D eigenvalue weighted by Crippen LogP contribution is 2.36. The molecule has 0 bridgehead atoms. The Balaban J connectivity index is 1.33. The van der Waals surface area contributed by atoms with Gasteiger partial charge in [-0.15, -0.1) is 0 Å². The molecule has 41 heavy (non-hydrogen) atoms. The summed E-state index contributed by atoms with van der Waals surface area (Å²) in [6.45, 7) is 1.66. The second-order valence-electron chi connectivity index (χ2n) is 9.55. The van der Waals surface area contributed by atoms with Crippen LogP contribution in [0.1, 0.15) is 13.2 Å². The quantitative estimate of drug-likeness (QED) is 0.237. The molecule has 0 radical (unpaired) electrons. The van der Waals surface area contributed by atoms with Crippen LogP contribution in [0, 0.1) is 5.92 Å². The molecular weight excluding hydrogens is 548 g/mol. The van der Waals surface area contributed by atoms with Crippen LogP contribution in [0.25, 0.3) is 0 Å². The van der Waals surface area contributed by atoms with E-state index in [0.29, 0.717) is 17.2 Å². The fraction of sp³-hybridized carbons (Fsp3) is 0.440. The lowest BCUT2D eigenvalue weighted by molar-refractivity contribution is -0.234. The Morgan fingerprint density at radius 3 is 2.63 bits per heavy atom. The van der Waals surface area contributed by atoms with E-state index in [1.165, 1.54) is 13.2 Å². The maximum Gasteiger partial charge on any atom is 0.330 e. The van der Waals surface area contributed by atoms with Gasteiger partial charge in [0.25, 0.3) is 11.5 Å². The number of nitrogens with two attached hydrogens (primary N) is 1. The van der Waals surface area contributed by atoms with Gasteiger partial charge in [0, 0.05) is 37.0 Å². The molecule has 0 aliphatic carbocycles. The van der Waals surface area contributed by atoms with Crippen LogP contribution in [-0.2, 0) is 28.5 Å². The predicted octanol–water partition coefficient (Wildman–Crippen LogP) is -1.71. The van der Waals surface area contributed by atoms with E-state index in [0.717, 1.165) is 16.8 Å². The minimum atomic E-state index is -1.68. The van der Waals surface area contributed by atoms with Gasteiger partial charge in [0.1, 0.15) is 24.4 Å². The number of aliphatic hydroxyl groups excluding tert-OH is 2. The molecule has 1 aromatic heterocycles. The van der Waals surface area contributed by atoms with Crippen molar-refractivity contribution in [3.8, 4) is 11.5 Å². The first-order valence-electron chi connectivity index (χ1n) is 12.5. The summed E-state index contributed by atoms with van der Waals surface area (Å²) in [6, 6.07) is 5.84. The number of aromatic nitrogens is 2. The van der Waals surface area contributed by atoms with Gasteiger partial charge in [-0.1, -0.05) is 6.92 Å². The number of fused-ring (bicyclic) bond motifs is 1. The lowest BCUT2D eigenvalue weighted by atomic mass is 10.00. The lowest BCUT2D eigenvalue weighted by Crippen LogP contribution is -2.52. The van der Waals surface area contributed by atoms with Gasteiger partial charge in [-0.2, -0.15) is 0 Å². The fourth-order valence-corrected chi connectivity index (χ4v) is 4.73. The third-order valence-corrected chi connectivity index (χ3v) is 6.84. The normalized spacial score (nSPS) is 29.4. The highest BCUT2D eigenvalue weighted by molar-refractivity contribution is 6.02. The number of hydrogen-bond donors (Lipinski definition) is 5. The lowest BCUT2D eigenvalue weighted by Gasteiger charge is -2.35. The summed E-state index contributed by atoms with van der Waals surface area (Å²) in [5.74, 6) is -1.64. The molecule has 2 aromatic rings. The number of amides is 2. The van der Waals surface area contributed by atoms with Crippen molar-refractivity contribution < 1.29 is 48.2 Å². The Hall–Kier alpha value is -4.22. The summed E-state index contributed by atoms with van der Waals surface area (Å²) in [6.07, 6.45) is -7.62. The van der Waals surface area contributed by atoms with Crippen LogP contribution in [-0.4, -0.2) is 82.3 Å². The molecule has 220 valence electrons. The van der Waals surface area contributed by atoms with Crippen molar-refractivity contribution in [2.45, 2.75) is 50.0 Å². The maximum atomic E-state index is 13.0. The van der Waals surface area contributed by atoms with Gasteiger partial charge in [0.2, 0.25) is 19.0 Å². The molecule has 0 spiro atoms. The SMILES string of the molecule is CO[C@H]1[C@@H](O)[C@H](n2ccc(=O)[nH]c2=O)O[C@@H]1[C@@H](O[C@H]1OC(C(=O)Nc2ccc3c(c2)OCO3)=C[C@H](C)[C@@H]1O)C(N)=O. The van der Waals surface area contributed by atoms with Gasteiger partial charge in [-0.05, 0) is 18.2 Å². The first-order valence-corrected chi connectivity index (χ1v) is 12.5. The highest BCUT2D eigenvalue weighted by Gasteiger charge is 2.52. The number of nitrogens with one attached hydrogen (secondary N) is 2. The number of benzene rings is 1. The molecule has 0 saturated carbocycles. The maximum absolute atomic E-state index is 13.0. The molecule has 16 nitrogen and oxygen atoms in total. The molecule has 3 aliphatic rings. The second-order valence-corrected chi connectivity index (χ2v) is 9.55. The molecule has 5 rings (SSSR count). The Bertz CT molecular complexity index is 1470. The first-order chi connectivity index (χ1) is 19.6. The number of rotatable bonds is 8. The van der Waals surface area contributed by atoms with E-state index in [1.807, 2.05) is 4.98 Å². The number of carbonyl (C=O) groups is 2. The number of aliphatic hydroxyl groups is 2. The van der Waals surface area contributed by atoms with Gasteiger partial charge >= 0.3 is 5.69 Å². The topological polar surface area (TPSA) is 223 Å². The molecule has 1 saturated heterocycles. The van der Waals surface area contributed by atoms with Gasteiger partial charge < -0.3 is 49.7 Å². The van der Waals surface area contributed by atoms with Crippen LogP contribution >= 0.6 is 0 Å². The first kappa shape index (κ1) is 28.3. The van der Waals surface area contributed by atoms with Gasteiger partial charge in [0.15, 0.2) is 29.6 Å². The molecule has 3 aliphatic heterocycles. The number of anilines is 1. The Morgan fingerprint density at radius 2 is 1.93 bits per heavy atom. The minimum Gasteiger partial charge on any atom is -0.457 e. The van der Waals surface area contributed by atoms with Crippen LogP contribution in [0.2, 0.25) is 0 Å². The number of aromatic amines is 1. The van der Waals surface area contributed by atoms with E-state index in [2.05, 4.69) is 5.32 Å².